The van der Waals surface area contributed by atoms with Crippen LogP contribution in [0.1, 0.15) is 6.42 Å². The van der Waals surface area contributed by atoms with Crippen LogP contribution in [0.4, 0.5) is 11.4 Å². The molecule has 29 heavy (non-hydrogen) atoms. The molecule has 0 saturated heterocycles. The van der Waals surface area contributed by atoms with Gasteiger partial charge in [-0.2, -0.15) is 0 Å². The van der Waals surface area contributed by atoms with E-state index in [9.17, 15) is 24.5 Å². The molecule has 1 amide bonds. The maximum atomic E-state index is 11.9. The number of ether oxygens (including phenoxy) is 1. The molecular weight excluding hydrogens is 406 g/mol. The molecule has 3 rings (SSSR count). The van der Waals surface area contributed by atoms with Crippen molar-refractivity contribution in [3.63, 3.8) is 0 Å². The predicted octanol–water partition coefficient (Wildman–Crippen LogP) is 2.73. The van der Waals surface area contributed by atoms with Crippen LogP contribution >= 0.6 is 11.6 Å². The molecule has 11 heteroatoms. The van der Waals surface area contributed by atoms with Gasteiger partial charge in [0, 0.05) is 18.3 Å². The number of rotatable bonds is 7. The molecule has 0 saturated carbocycles. The Hall–Kier alpha value is -3.66. The van der Waals surface area contributed by atoms with Crippen LogP contribution in [-0.2, 0) is 20.9 Å². The lowest BCUT2D eigenvalue weighted by atomic mass is 10.3. The number of benzene rings is 2. The van der Waals surface area contributed by atoms with E-state index in [4.69, 9.17) is 20.8 Å². The van der Waals surface area contributed by atoms with Crippen LogP contribution in [0.25, 0.3) is 11.1 Å². The summed E-state index contributed by atoms with van der Waals surface area (Å²) in [5.41, 5.74) is 0.729. The van der Waals surface area contributed by atoms with Gasteiger partial charge in [-0.05, 0) is 24.3 Å². The van der Waals surface area contributed by atoms with Gasteiger partial charge in [-0.3, -0.25) is 24.3 Å². The summed E-state index contributed by atoms with van der Waals surface area (Å²) >= 11 is 5.70. The monoisotopic (exact) mass is 419 g/mol. The molecule has 0 atom stereocenters. The van der Waals surface area contributed by atoms with Gasteiger partial charge in [0.15, 0.2) is 12.2 Å². The molecule has 0 fully saturated rings. The molecule has 0 unspecified atom stereocenters. The van der Waals surface area contributed by atoms with Gasteiger partial charge in [0.1, 0.15) is 5.02 Å². The Labute approximate surface area is 167 Å². The standard InChI is InChI=1S/C18H14ClN3O7/c19-12-6-5-11(9-14(12)22(26)27)20-16(23)10-28-17(24)7-8-21-13-3-1-2-4-15(13)29-18(21)25/h1-6,9H,7-8,10H2,(H,20,23). The minimum atomic E-state index is -0.695. The van der Waals surface area contributed by atoms with Crippen molar-refractivity contribution in [1.82, 2.24) is 4.57 Å². The highest BCUT2D eigenvalue weighted by Gasteiger charge is 2.15. The number of nitro benzene ring substituents is 1. The van der Waals surface area contributed by atoms with Crippen molar-refractivity contribution in [3.05, 3.63) is 68.2 Å². The Bertz CT molecular complexity index is 1150. The quantitative estimate of drug-likeness (QED) is 0.353. The summed E-state index contributed by atoms with van der Waals surface area (Å²) in [5.74, 6) is -1.97. The zero-order valence-corrected chi connectivity index (χ0v) is 15.5. The molecule has 150 valence electrons. The zero-order chi connectivity index (χ0) is 21.0. The zero-order valence-electron chi connectivity index (χ0n) is 14.8. The van der Waals surface area contributed by atoms with Gasteiger partial charge >= 0.3 is 11.7 Å². The summed E-state index contributed by atoms with van der Waals surface area (Å²) in [4.78, 5) is 45.8. The van der Waals surface area contributed by atoms with E-state index in [2.05, 4.69) is 5.32 Å². The molecule has 10 nitrogen and oxygen atoms in total. The second-order valence-electron chi connectivity index (χ2n) is 5.87. The van der Waals surface area contributed by atoms with E-state index in [0.717, 1.165) is 6.07 Å². The van der Waals surface area contributed by atoms with Gasteiger partial charge < -0.3 is 14.5 Å². The third-order valence-electron chi connectivity index (χ3n) is 3.90. The fraction of sp³-hybridized carbons (Fsp3) is 0.167. The average molecular weight is 420 g/mol. The first-order valence-corrected chi connectivity index (χ1v) is 8.71. The second kappa shape index (κ2) is 8.57. The van der Waals surface area contributed by atoms with Crippen molar-refractivity contribution in [2.45, 2.75) is 13.0 Å². The largest absolute Gasteiger partial charge is 0.456 e. The third-order valence-corrected chi connectivity index (χ3v) is 4.22. The topological polar surface area (TPSA) is 134 Å². The first-order chi connectivity index (χ1) is 13.8. The predicted molar refractivity (Wildman–Crippen MR) is 103 cm³/mol. The molecule has 0 radical (unpaired) electrons. The minimum absolute atomic E-state index is 0.0275. The van der Waals surface area contributed by atoms with Crippen LogP contribution in [0.3, 0.4) is 0 Å². The van der Waals surface area contributed by atoms with Crippen molar-refractivity contribution in [2.75, 3.05) is 11.9 Å². The molecule has 2 aromatic carbocycles. The second-order valence-corrected chi connectivity index (χ2v) is 6.28. The molecule has 0 spiro atoms. The maximum Gasteiger partial charge on any atom is 0.419 e. The van der Waals surface area contributed by atoms with E-state index in [-0.39, 0.29) is 29.4 Å². The van der Waals surface area contributed by atoms with Gasteiger partial charge in [-0.1, -0.05) is 23.7 Å². The van der Waals surface area contributed by atoms with Crippen LogP contribution in [0.2, 0.25) is 5.02 Å². The number of nitro groups is 1. The molecule has 0 aliphatic heterocycles. The minimum Gasteiger partial charge on any atom is -0.456 e. The Morgan fingerprint density at radius 2 is 2.00 bits per heavy atom. The summed E-state index contributed by atoms with van der Waals surface area (Å²) in [5, 5.41) is 13.2. The normalized spacial score (nSPS) is 10.7. The molecule has 3 aromatic rings. The van der Waals surface area contributed by atoms with Gasteiger partial charge in [0.2, 0.25) is 0 Å². The van der Waals surface area contributed by atoms with Gasteiger partial charge in [-0.25, -0.2) is 4.79 Å². The lowest BCUT2D eigenvalue weighted by molar-refractivity contribution is -0.384. The lowest BCUT2D eigenvalue weighted by Gasteiger charge is -2.07. The molecule has 0 bridgehead atoms. The molecule has 1 N–H and O–H groups in total. The van der Waals surface area contributed by atoms with E-state index in [0.29, 0.717) is 11.1 Å². The highest BCUT2D eigenvalue weighted by atomic mass is 35.5. The number of hydrogen-bond donors (Lipinski definition) is 1. The van der Waals surface area contributed by atoms with Gasteiger partial charge in [-0.15, -0.1) is 0 Å². The van der Waals surface area contributed by atoms with Crippen LogP contribution < -0.4 is 11.1 Å². The SMILES string of the molecule is O=C(COC(=O)CCn1c(=O)oc2ccccc21)Nc1ccc(Cl)c([N+](=O)[O-])c1. The highest BCUT2D eigenvalue weighted by Crippen LogP contribution is 2.27. The molecular formula is C18H14ClN3O7. The molecule has 0 aliphatic carbocycles. The summed E-state index contributed by atoms with van der Waals surface area (Å²) in [6, 6.07) is 10.5. The van der Waals surface area contributed by atoms with Crippen molar-refractivity contribution in [2.24, 2.45) is 0 Å². The van der Waals surface area contributed by atoms with Gasteiger partial charge in [0.25, 0.3) is 11.6 Å². The average Bonchev–Trinajstić information content (AvgIpc) is 3.01. The number of para-hydroxylation sites is 2. The maximum absolute atomic E-state index is 11.9. The first kappa shape index (κ1) is 20.1. The number of oxazole rings is 1. The Kier molecular flexibility index (Phi) is 5.93. The number of aromatic nitrogens is 1. The van der Waals surface area contributed by atoms with Gasteiger partial charge in [0.05, 0.1) is 16.9 Å². The number of carbonyl (C=O) groups excluding carboxylic acids is 2. The van der Waals surface area contributed by atoms with Crippen molar-refractivity contribution < 1.29 is 23.7 Å². The number of halogens is 1. The number of aryl methyl sites for hydroxylation is 1. The molecule has 1 aromatic heterocycles. The van der Waals surface area contributed by atoms with Crippen LogP contribution in [0.5, 0.6) is 0 Å². The number of amides is 1. The van der Waals surface area contributed by atoms with E-state index in [1.54, 1.807) is 24.3 Å². The number of hydrogen-bond acceptors (Lipinski definition) is 7. The van der Waals surface area contributed by atoms with E-state index in [1.807, 2.05) is 0 Å². The van der Waals surface area contributed by atoms with Crippen molar-refractivity contribution in [3.8, 4) is 0 Å². The highest BCUT2D eigenvalue weighted by molar-refractivity contribution is 6.32. The summed E-state index contributed by atoms with van der Waals surface area (Å²) in [6.45, 7) is -0.560. The summed E-state index contributed by atoms with van der Waals surface area (Å²) in [6.07, 6.45) is -0.150. The van der Waals surface area contributed by atoms with E-state index in [1.165, 1.54) is 16.7 Å². The number of nitrogens with one attached hydrogen (secondary N) is 1. The Morgan fingerprint density at radius 1 is 1.24 bits per heavy atom. The number of carbonyl (C=O) groups is 2. The number of fused-ring (bicyclic) bond motifs is 1. The van der Waals surface area contributed by atoms with Crippen molar-refractivity contribution >= 4 is 46.0 Å². The Balaban J connectivity index is 1.52. The number of esters is 1. The number of anilines is 1. The fourth-order valence-electron chi connectivity index (χ4n) is 2.57. The smallest absolute Gasteiger partial charge is 0.419 e. The van der Waals surface area contributed by atoms with Crippen LogP contribution in [-0.4, -0.2) is 28.0 Å². The third kappa shape index (κ3) is 4.79. The lowest BCUT2D eigenvalue weighted by Crippen LogP contribution is -2.22. The van der Waals surface area contributed by atoms with E-state index < -0.39 is 29.2 Å². The van der Waals surface area contributed by atoms with Crippen LogP contribution in [0.15, 0.2) is 51.7 Å². The van der Waals surface area contributed by atoms with Crippen LogP contribution in [0, 0.1) is 10.1 Å². The molecule has 0 aliphatic rings. The van der Waals surface area contributed by atoms with E-state index >= 15 is 0 Å². The molecule has 1 heterocycles. The number of nitrogens with zero attached hydrogens (tertiary/aromatic N) is 2. The fourth-order valence-corrected chi connectivity index (χ4v) is 2.76. The summed E-state index contributed by atoms with van der Waals surface area (Å²) < 4.78 is 11.2. The summed E-state index contributed by atoms with van der Waals surface area (Å²) in [7, 11) is 0. The van der Waals surface area contributed by atoms with Crippen molar-refractivity contribution in [1.29, 1.82) is 0 Å². The Morgan fingerprint density at radius 3 is 2.76 bits per heavy atom. The first-order valence-electron chi connectivity index (χ1n) is 8.33.